The summed E-state index contributed by atoms with van der Waals surface area (Å²) in [5.41, 5.74) is -0.855. The zero-order valence-electron chi connectivity index (χ0n) is 16.5. The van der Waals surface area contributed by atoms with E-state index >= 15 is 0 Å². The molecule has 2 aromatic carbocycles. The van der Waals surface area contributed by atoms with Crippen molar-refractivity contribution in [2.24, 2.45) is 0 Å². The number of aromatic hydroxyl groups is 2. The molecule has 14 heteroatoms. The average molecular weight is 485 g/mol. The van der Waals surface area contributed by atoms with Crippen LogP contribution in [0.25, 0.3) is 0 Å². The largest absolute Gasteiger partial charge is 0.507 e. The standard InChI is InChI=1S/C18H19N3O9S2/c1-2-7-20(31(27,28)12-4-6-15(22)13(9-12)18(25)26)11-3-5-14(16(23)8-11)21-10-17(24)19-32(21,29)30/h3-6,8-10,19,22-24H,2,7H2,1H3,(H,25,26). The summed E-state index contributed by atoms with van der Waals surface area (Å²) in [5.74, 6) is -3.37. The number of carboxylic acid groups (broad SMARTS) is 1. The van der Waals surface area contributed by atoms with Crippen molar-refractivity contribution in [1.29, 1.82) is 0 Å². The van der Waals surface area contributed by atoms with Crippen molar-refractivity contribution < 1.29 is 42.1 Å². The topological polar surface area (TPSA) is 185 Å². The monoisotopic (exact) mass is 485 g/mol. The van der Waals surface area contributed by atoms with E-state index in [9.17, 15) is 36.9 Å². The van der Waals surface area contributed by atoms with Gasteiger partial charge in [0.25, 0.3) is 10.0 Å². The highest BCUT2D eigenvalue weighted by Gasteiger charge is 2.32. The van der Waals surface area contributed by atoms with Crippen LogP contribution in [0, 0.1) is 0 Å². The van der Waals surface area contributed by atoms with E-state index in [0.717, 1.165) is 40.8 Å². The number of anilines is 2. The van der Waals surface area contributed by atoms with Crippen molar-refractivity contribution in [2.75, 3.05) is 15.2 Å². The van der Waals surface area contributed by atoms with E-state index in [4.69, 9.17) is 5.11 Å². The van der Waals surface area contributed by atoms with Gasteiger partial charge in [0, 0.05) is 12.6 Å². The average Bonchev–Trinajstić information content (AvgIpc) is 2.97. The minimum Gasteiger partial charge on any atom is -0.507 e. The van der Waals surface area contributed by atoms with Crippen LogP contribution in [0.15, 0.2) is 53.4 Å². The minimum absolute atomic E-state index is 0.0178. The Hall–Kier alpha value is -3.65. The van der Waals surface area contributed by atoms with Crippen LogP contribution in [0.2, 0.25) is 0 Å². The molecular weight excluding hydrogens is 466 g/mol. The van der Waals surface area contributed by atoms with Gasteiger partial charge in [0.2, 0.25) is 5.88 Å². The number of nitrogens with zero attached hydrogens (tertiary/aromatic N) is 2. The Morgan fingerprint density at radius 2 is 1.78 bits per heavy atom. The fourth-order valence-corrected chi connectivity index (χ4v) is 5.65. The molecule has 0 bridgehead atoms. The third-order valence-electron chi connectivity index (χ3n) is 4.43. The van der Waals surface area contributed by atoms with Crippen LogP contribution in [0.1, 0.15) is 23.7 Å². The second kappa shape index (κ2) is 8.12. The molecule has 172 valence electrons. The van der Waals surface area contributed by atoms with E-state index in [-0.39, 0.29) is 17.9 Å². The van der Waals surface area contributed by atoms with Crippen LogP contribution in [-0.2, 0) is 20.2 Å². The Bertz CT molecular complexity index is 1320. The van der Waals surface area contributed by atoms with Gasteiger partial charge >= 0.3 is 16.2 Å². The summed E-state index contributed by atoms with van der Waals surface area (Å²) in [6, 6.07) is 6.24. The van der Waals surface area contributed by atoms with E-state index in [1.165, 1.54) is 6.07 Å². The van der Waals surface area contributed by atoms with E-state index in [1.54, 1.807) is 6.92 Å². The molecule has 1 heterocycles. The van der Waals surface area contributed by atoms with Crippen molar-refractivity contribution in [1.82, 2.24) is 4.72 Å². The summed E-state index contributed by atoms with van der Waals surface area (Å²) < 4.78 is 53.8. The van der Waals surface area contributed by atoms with E-state index < -0.39 is 54.0 Å². The first kappa shape index (κ1) is 23.0. The maximum absolute atomic E-state index is 13.2. The molecule has 0 fully saturated rings. The van der Waals surface area contributed by atoms with Gasteiger partial charge < -0.3 is 20.4 Å². The van der Waals surface area contributed by atoms with Crippen LogP contribution in [-0.4, -0.2) is 49.8 Å². The second-order valence-electron chi connectivity index (χ2n) is 6.65. The molecule has 0 amide bonds. The maximum Gasteiger partial charge on any atom is 0.339 e. The van der Waals surface area contributed by atoms with Gasteiger partial charge in [0.1, 0.15) is 22.7 Å². The zero-order chi connectivity index (χ0) is 23.8. The third-order valence-corrected chi connectivity index (χ3v) is 7.54. The first-order valence-corrected chi connectivity index (χ1v) is 11.9. The molecule has 0 aromatic heterocycles. The molecule has 0 saturated heterocycles. The van der Waals surface area contributed by atoms with Gasteiger partial charge in [-0.2, -0.15) is 8.42 Å². The number of phenolic OH excluding ortho intramolecular Hbond substituents is 1. The number of phenols is 2. The molecule has 1 aliphatic heterocycles. The summed E-state index contributed by atoms with van der Waals surface area (Å²) in [7, 11) is -8.49. The Labute approximate surface area is 183 Å². The smallest absolute Gasteiger partial charge is 0.339 e. The lowest BCUT2D eigenvalue weighted by Crippen LogP contribution is -2.32. The van der Waals surface area contributed by atoms with E-state index in [0.29, 0.717) is 10.7 Å². The summed E-state index contributed by atoms with van der Waals surface area (Å²) in [5, 5.41) is 38.6. The van der Waals surface area contributed by atoms with Crippen LogP contribution in [0.3, 0.4) is 0 Å². The Morgan fingerprint density at radius 1 is 1.09 bits per heavy atom. The van der Waals surface area contributed by atoms with E-state index in [2.05, 4.69) is 0 Å². The van der Waals surface area contributed by atoms with Gasteiger partial charge in [-0.25, -0.2) is 22.2 Å². The molecule has 3 rings (SSSR count). The van der Waals surface area contributed by atoms with Crippen molar-refractivity contribution in [3.8, 4) is 11.5 Å². The normalized spacial score (nSPS) is 15.2. The summed E-state index contributed by atoms with van der Waals surface area (Å²) in [4.78, 5) is 10.9. The van der Waals surface area contributed by atoms with Crippen LogP contribution < -0.4 is 13.3 Å². The number of aromatic carboxylic acids is 1. The second-order valence-corrected chi connectivity index (χ2v) is 10.1. The number of benzene rings is 2. The van der Waals surface area contributed by atoms with Crippen molar-refractivity contribution in [3.05, 3.63) is 54.0 Å². The Kier molecular flexibility index (Phi) is 5.84. The molecule has 0 unspecified atom stereocenters. The lowest BCUT2D eigenvalue weighted by atomic mass is 10.2. The number of sulfonamides is 1. The highest BCUT2D eigenvalue weighted by Crippen LogP contribution is 2.36. The fourth-order valence-electron chi connectivity index (χ4n) is 3.01. The maximum atomic E-state index is 13.2. The van der Waals surface area contributed by atoms with Crippen LogP contribution in [0.4, 0.5) is 11.4 Å². The molecular formula is C18H19N3O9S2. The summed E-state index contributed by atoms with van der Waals surface area (Å²) in [6.45, 7) is 1.65. The lowest BCUT2D eigenvalue weighted by Gasteiger charge is -2.25. The fraction of sp³-hybridized carbons (Fsp3) is 0.167. The van der Waals surface area contributed by atoms with Gasteiger partial charge in [0.15, 0.2) is 0 Å². The highest BCUT2D eigenvalue weighted by atomic mass is 32.2. The first-order valence-electron chi connectivity index (χ1n) is 9.03. The molecule has 32 heavy (non-hydrogen) atoms. The Morgan fingerprint density at radius 3 is 2.31 bits per heavy atom. The van der Waals surface area contributed by atoms with Gasteiger partial charge in [-0.1, -0.05) is 6.92 Å². The van der Waals surface area contributed by atoms with Gasteiger partial charge in [0.05, 0.1) is 16.8 Å². The number of hydrogen-bond acceptors (Lipinski definition) is 8. The predicted octanol–water partition coefficient (Wildman–Crippen LogP) is 1.41. The number of carbonyl (C=O) groups is 1. The number of carboxylic acids is 1. The number of aliphatic hydroxyl groups excluding tert-OH is 1. The van der Waals surface area contributed by atoms with Crippen molar-refractivity contribution in [2.45, 2.75) is 18.2 Å². The van der Waals surface area contributed by atoms with Crippen LogP contribution in [0.5, 0.6) is 11.5 Å². The van der Waals surface area contributed by atoms with Gasteiger partial charge in [-0.15, -0.1) is 0 Å². The molecule has 0 radical (unpaired) electrons. The number of rotatable bonds is 7. The van der Waals surface area contributed by atoms with Gasteiger partial charge in [-0.3, -0.25) is 4.31 Å². The molecule has 0 aliphatic carbocycles. The molecule has 5 N–H and O–H groups in total. The third kappa shape index (κ3) is 4.09. The SMILES string of the molecule is CCCN(c1ccc(N2C=C(O)NS2(=O)=O)c(O)c1)S(=O)(=O)c1ccc(O)c(C(=O)O)c1. The molecule has 2 aromatic rings. The molecule has 0 saturated carbocycles. The van der Waals surface area contributed by atoms with Crippen LogP contribution >= 0.6 is 0 Å². The number of hydrogen-bond donors (Lipinski definition) is 5. The van der Waals surface area contributed by atoms with Crippen molar-refractivity contribution >= 4 is 37.6 Å². The quantitative estimate of drug-likeness (QED) is 0.387. The predicted molar refractivity (Wildman–Crippen MR) is 113 cm³/mol. The molecule has 1 aliphatic rings. The molecule has 12 nitrogen and oxygen atoms in total. The zero-order valence-corrected chi connectivity index (χ0v) is 18.1. The first-order chi connectivity index (χ1) is 14.9. The summed E-state index contributed by atoms with van der Waals surface area (Å²) >= 11 is 0. The van der Waals surface area contributed by atoms with Crippen molar-refractivity contribution in [3.63, 3.8) is 0 Å². The number of nitrogens with one attached hydrogen (secondary N) is 1. The number of aliphatic hydroxyl groups is 1. The molecule has 0 spiro atoms. The summed E-state index contributed by atoms with van der Waals surface area (Å²) in [6.07, 6.45) is 1.18. The van der Waals surface area contributed by atoms with Gasteiger partial charge in [-0.05, 0) is 36.8 Å². The lowest BCUT2D eigenvalue weighted by molar-refractivity contribution is 0.0693. The highest BCUT2D eigenvalue weighted by molar-refractivity contribution is 7.93. The molecule has 0 atom stereocenters. The Balaban J connectivity index is 2.07. The minimum atomic E-state index is -4.32. The van der Waals surface area contributed by atoms with E-state index in [1.807, 2.05) is 4.72 Å².